The molecule has 8 heteroatoms. The summed E-state index contributed by atoms with van der Waals surface area (Å²) in [5.41, 5.74) is 3.82. The van der Waals surface area contributed by atoms with Crippen LogP contribution in [0.1, 0.15) is 5.56 Å². The molecule has 0 aliphatic rings. The molecule has 0 aliphatic carbocycles. The number of nitrogens with zero attached hydrogens (tertiary/aromatic N) is 2. The van der Waals surface area contributed by atoms with Gasteiger partial charge in [-0.15, -0.1) is 11.3 Å². The van der Waals surface area contributed by atoms with Gasteiger partial charge in [0.2, 0.25) is 0 Å². The van der Waals surface area contributed by atoms with Gasteiger partial charge in [0.15, 0.2) is 15.8 Å². The maximum atomic E-state index is 11.9. The Labute approximate surface area is 152 Å². The van der Waals surface area contributed by atoms with E-state index in [2.05, 4.69) is 15.5 Å². The average Bonchev–Trinajstić information content (AvgIpc) is 3.04. The number of fused-ring (bicyclic) bond motifs is 1. The van der Waals surface area contributed by atoms with E-state index in [-0.39, 0.29) is 17.4 Å². The largest absolute Gasteiger partial charge is 0.504 e. The zero-order valence-electron chi connectivity index (χ0n) is 13.3. The van der Waals surface area contributed by atoms with Gasteiger partial charge in [0.25, 0.3) is 5.91 Å². The topological polar surface area (TPSA) is 83.8 Å². The Balaban J connectivity index is 1.54. The molecule has 0 saturated carbocycles. The summed E-state index contributed by atoms with van der Waals surface area (Å²) in [5.74, 6) is 0.290. The Morgan fingerprint density at radius 1 is 1.36 bits per heavy atom. The van der Waals surface area contributed by atoms with Gasteiger partial charge in [-0.1, -0.05) is 30.0 Å². The number of hydrogen-bond acceptors (Lipinski definition) is 7. The average molecular weight is 373 g/mol. The Morgan fingerprint density at radius 2 is 2.20 bits per heavy atom. The second kappa shape index (κ2) is 8.00. The molecule has 0 unspecified atom stereocenters. The van der Waals surface area contributed by atoms with E-state index < -0.39 is 0 Å². The Morgan fingerprint density at radius 3 is 3.00 bits per heavy atom. The number of aromatic nitrogens is 1. The highest BCUT2D eigenvalue weighted by Crippen LogP contribution is 2.29. The standard InChI is InChI=1S/C17H15N3O3S2/c1-23-13-7-4-5-11(16(13)22)9-18-20-15(21)10-24-17-19-12-6-2-3-8-14(12)25-17/h2-9,22H,10H2,1H3,(H,20,21). The SMILES string of the molecule is COc1cccc(C=NNC(=O)CSc2nc3ccccc3s2)c1O. The summed E-state index contributed by atoms with van der Waals surface area (Å²) in [6.07, 6.45) is 1.37. The number of phenols is 1. The fourth-order valence-electron chi connectivity index (χ4n) is 2.05. The third-order valence-corrected chi connectivity index (χ3v) is 5.42. The van der Waals surface area contributed by atoms with Crippen molar-refractivity contribution in [1.82, 2.24) is 10.4 Å². The molecule has 1 heterocycles. The van der Waals surface area contributed by atoms with Crippen LogP contribution in [0.5, 0.6) is 11.5 Å². The maximum Gasteiger partial charge on any atom is 0.250 e. The number of nitrogens with one attached hydrogen (secondary N) is 1. The van der Waals surface area contributed by atoms with Crippen molar-refractivity contribution in [2.45, 2.75) is 4.34 Å². The molecule has 1 amide bonds. The van der Waals surface area contributed by atoms with Crippen LogP contribution in [0.4, 0.5) is 0 Å². The van der Waals surface area contributed by atoms with Crippen LogP contribution >= 0.6 is 23.1 Å². The van der Waals surface area contributed by atoms with E-state index in [0.29, 0.717) is 11.3 Å². The number of benzene rings is 2. The second-order valence-corrected chi connectivity index (χ2v) is 7.18. The van der Waals surface area contributed by atoms with Crippen LogP contribution in [0, 0.1) is 0 Å². The van der Waals surface area contributed by atoms with Gasteiger partial charge in [-0.25, -0.2) is 10.4 Å². The fraction of sp³-hybridized carbons (Fsp3) is 0.118. The summed E-state index contributed by atoms with van der Waals surface area (Å²) in [6.45, 7) is 0. The minimum Gasteiger partial charge on any atom is -0.504 e. The molecular formula is C17H15N3O3S2. The number of thioether (sulfide) groups is 1. The van der Waals surface area contributed by atoms with Gasteiger partial charge in [0.1, 0.15) is 0 Å². The summed E-state index contributed by atoms with van der Waals surface area (Å²) in [4.78, 5) is 16.3. The molecule has 0 fully saturated rings. The number of thiazole rings is 1. The monoisotopic (exact) mass is 373 g/mol. The summed E-state index contributed by atoms with van der Waals surface area (Å²) >= 11 is 2.91. The lowest BCUT2D eigenvalue weighted by molar-refractivity contribution is -0.118. The molecule has 0 aliphatic heterocycles. The molecule has 0 spiro atoms. The summed E-state index contributed by atoms with van der Waals surface area (Å²) in [5, 5.41) is 13.8. The minimum absolute atomic E-state index is 0.0214. The molecule has 0 bridgehead atoms. The first kappa shape index (κ1) is 17.2. The number of ether oxygens (including phenoxy) is 1. The van der Waals surface area contributed by atoms with Gasteiger partial charge in [0, 0.05) is 5.56 Å². The first-order valence-electron chi connectivity index (χ1n) is 7.33. The van der Waals surface area contributed by atoms with E-state index in [1.54, 1.807) is 29.5 Å². The molecule has 0 radical (unpaired) electrons. The van der Waals surface area contributed by atoms with E-state index >= 15 is 0 Å². The number of carbonyl (C=O) groups excluding carboxylic acids is 1. The van der Waals surface area contributed by atoms with E-state index in [1.165, 1.54) is 25.1 Å². The van der Waals surface area contributed by atoms with Crippen molar-refractivity contribution >= 4 is 45.4 Å². The quantitative estimate of drug-likeness (QED) is 0.394. The van der Waals surface area contributed by atoms with E-state index in [9.17, 15) is 9.90 Å². The molecule has 128 valence electrons. The number of hydrazone groups is 1. The van der Waals surface area contributed by atoms with Gasteiger partial charge >= 0.3 is 0 Å². The molecule has 0 atom stereocenters. The first-order chi connectivity index (χ1) is 12.2. The highest BCUT2D eigenvalue weighted by molar-refractivity contribution is 8.01. The predicted molar refractivity (Wildman–Crippen MR) is 101 cm³/mol. The van der Waals surface area contributed by atoms with Crippen molar-refractivity contribution in [1.29, 1.82) is 0 Å². The number of para-hydroxylation sites is 2. The molecule has 25 heavy (non-hydrogen) atoms. The van der Waals surface area contributed by atoms with Gasteiger partial charge < -0.3 is 9.84 Å². The van der Waals surface area contributed by atoms with Crippen LogP contribution in [-0.4, -0.2) is 35.1 Å². The van der Waals surface area contributed by atoms with Crippen LogP contribution in [0.15, 0.2) is 51.9 Å². The molecular weight excluding hydrogens is 358 g/mol. The lowest BCUT2D eigenvalue weighted by atomic mass is 10.2. The van der Waals surface area contributed by atoms with Crippen molar-refractivity contribution in [3.63, 3.8) is 0 Å². The van der Waals surface area contributed by atoms with Crippen LogP contribution in [0.25, 0.3) is 10.2 Å². The van der Waals surface area contributed by atoms with Gasteiger partial charge in [-0.3, -0.25) is 4.79 Å². The van der Waals surface area contributed by atoms with Crippen molar-refractivity contribution in [2.75, 3.05) is 12.9 Å². The first-order valence-corrected chi connectivity index (χ1v) is 9.14. The molecule has 3 aromatic rings. The number of hydrogen-bond donors (Lipinski definition) is 2. The van der Waals surface area contributed by atoms with Crippen LogP contribution in [-0.2, 0) is 4.79 Å². The Bertz CT molecular complexity index is 891. The number of aromatic hydroxyl groups is 1. The molecule has 2 aromatic carbocycles. The molecule has 2 N–H and O–H groups in total. The molecule has 6 nitrogen and oxygen atoms in total. The molecule has 0 saturated heterocycles. The second-order valence-electron chi connectivity index (χ2n) is 4.93. The zero-order valence-corrected chi connectivity index (χ0v) is 14.9. The fourth-order valence-corrected chi connectivity index (χ4v) is 3.92. The maximum absolute atomic E-state index is 11.9. The Hall–Kier alpha value is -2.58. The van der Waals surface area contributed by atoms with Crippen LogP contribution in [0.2, 0.25) is 0 Å². The molecule has 3 rings (SSSR count). The lowest BCUT2D eigenvalue weighted by Gasteiger charge is -2.04. The van der Waals surface area contributed by atoms with Crippen molar-refractivity contribution < 1.29 is 14.6 Å². The highest BCUT2D eigenvalue weighted by atomic mass is 32.2. The molecule has 1 aromatic heterocycles. The van der Waals surface area contributed by atoms with Gasteiger partial charge in [-0.05, 0) is 24.3 Å². The smallest absolute Gasteiger partial charge is 0.250 e. The summed E-state index contributed by atoms with van der Waals surface area (Å²) < 4.78 is 6.95. The number of rotatable bonds is 6. The van der Waals surface area contributed by atoms with Crippen molar-refractivity contribution in [2.24, 2.45) is 5.10 Å². The normalized spacial score (nSPS) is 11.1. The van der Waals surface area contributed by atoms with Crippen LogP contribution in [0.3, 0.4) is 0 Å². The van der Waals surface area contributed by atoms with E-state index in [1.807, 2.05) is 24.3 Å². The third-order valence-electron chi connectivity index (χ3n) is 3.24. The van der Waals surface area contributed by atoms with E-state index in [0.717, 1.165) is 14.6 Å². The number of amides is 1. The minimum atomic E-state index is -0.247. The lowest BCUT2D eigenvalue weighted by Crippen LogP contribution is -2.19. The highest BCUT2D eigenvalue weighted by Gasteiger charge is 2.08. The Kier molecular flexibility index (Phi) is 5.52. The van der Waals surface area contributed by atoms with Crippen molar-refractivity contribution in [3.05, 3.63) is 48.0 Å². The van der Waals surface area contributed by atoms with Crippen molar-refractivity contribution in [3.8, 4) is 11.5 Å². The summed E-state index contributed by atoms with van der Waals surface area (Å²) in [6, 6.07) is 12.9. The number of methoxy groups -OCH3 is 1. The summed E-state index contributed by atoms with van der Waals surface area (Å²) in [7, 11) is 1.47. The van der Waals surface area contributed by atoms with E-state index in [4.69, 9.17) is 4.74 Å². The zero-order chi connectivity index (χ0) is 17.6. The van der Waals surface area contributed by atoms with Gasteiger partial charge in [0.05, 0.1) is 29.3 Å². The van der Waals surface area contributed by atoms with Crippen LogP contribution < -0.4 is 10.2 Å². The number of phenolic OH excluding ortho intramolecular Hbond substituents is 1. The van der Waals surface area contributed by atoms with Gasteiger partial charge in [-0.2, -0.15) is 5.10 Å². The number of carbonyl (C=O) groups is 1. The predicted octanol–water partition coefficient (Wildman–Crippen LogP) is 3.25. The third kappa shape index (κ3) is 4.28.